The summed E-state index contributed by atoms with van der Waals surface area (Å²) in [7, 11) is 0. The van der Waals surface area contributed by atoms with Crippen molar-refractivity contribution in [2.45, 2.75) is 39.5 Å². The molecule has 2 rings (SSSR count). The fourth-order valence-electron chi connectivity index (χ4n) is 2.17. The molecule has 0 fully saturated rings. The summed E-state index contributed by atoms with van der Waals surface area (Å²) >= 11 is 1.25. The minimum atomic E-state index is -0.0463. The zero-order valence-electron chi connectivity index (χ0n) is 15.1. The molecule has 7 nitrogen and oxygen atoms in total. The van der Waals surface area contributed by atoms with Gasteiger partial charge in [-0.2, -0.15) is 0 Å². The van der Waals surface area contributed by atoms with Crippen LogP contribution in [0.1, 0.15) is 30.8 Å². The Hall–Kier alpha value is -2.22. The Kier molecular flexibility index (Phi) is 6.69. The number of hydrogen-bond donors (Lipinski definition) is 2. The molecule has 0 saturated carbocycles. The lowest BCUT2D eigenvalue weighted by Gasteiger charge is -2.11. The molecule has 0 unspecified atom stereocenters. The molecule has 0 saturated heterocycles. The predicted octanol–water partition coefficient (Wildman–Crippen LogP) is 2.05. The second-order valence-electron chi connectivity index (χ2n) is 6.27. The molecule has 0 radical (unpaired) electrons. The van der Waals surface area contributed by atoms with Crippen LogP contribution in [0, 0.1) is 19.8 Å². The van der Waals surface area contributed by atoms with Gasteiger partial charge in [0.05, 0.1) is 5.75 Å². The van der Waals surface area contributed by atoms with Crippen molar-refractivity contribution in [3.63, 3.8) is 0 Å². The fourth-order valence-corrected chi connectivity index (χ4v) is 2.87. The van der Waals surface area contributed by atoms with E-state index in [2.05, 4.69) is 15.5 Å². The number of ether oxygens (including phenoxy) is 1. The third-order valence-corrected chi connectivity index (χ3v) is 4.47. The van der Waals surface area contributed by atoms with Crippen LogP contribution in [-0.4, -0.2) is 33.1 Å². The Bertz CT molecular complexity index is 710. The number of hydrogen-bond acceptors (Lipinski definition) is 6. The van der Waals surface area contributed by atoms with E-state index in [1.807, 2.05) is 45.9 Å². The number of nitrogen functional groups attached to an aromatic ring is 1. The molecule has 1 aromatic heterocycles. The van der Waals surface area contributed by atoms with Gasteiger partial charge in [-0.05, 0) is 30.9 Å². The van der Waals surface area contributed by atoms with Crippen molar-refractivity contribution >= 4 is 17.7 Å². The third-order valence-electron chi connectivity index (χ3n) is 3.53. The van der Waals surface area contributed by atoms with Crippen LogP contribution in [0.25, 0.3) is 0 Å². The van der Waals surface area contributed by atoms with Crippen LogP contribution in [0.4, 0.5) is 0 Å². The van der Waals surface area contributed by atoms with Gasteiger partial charge in [0, 0.05) is 6.54 Å². The number of thioether (sulfide) groups is 1. The molecule has 1 heterocycles. The summed E-state index contributed by atoms with van der Waals surface area (Å²) in [6.07, 6.45) is 0. The number of rotatable bonds is 8. The Morgan fingerprint density at radius 1 is 1.32 bits per heavy atom. The Balaban J connectivity index is 1.91. The van der Waals surface area contributed by atoms with Crippen molar-refractivity contribution in [2.24, 2.45) is 5.92 Å². The van der Waals surface area contributed by atoms with E-state index in [1.165, 1.54) is 16.4 Å². The monoisotopic (exact) mass is 363 g/mol. The van der Waals surface area contributed by atoms with Gasteiger partial charge in [0.25, 0.3) is 0 Å². The van der Waals surface area contributed by atoms with Gasteiger partial charge < -0.3 is 15.9 Å². The van der Waals surface area contributed by atoms with Gasteiger partial charge in [0.1, 0.15) is 12.4 Å². The second-order valence-corrected chi connectivity index (χ2v) is 7.21. The lowest BCUT2D eigenvalue weighted by Crippen LogP contribution is -2.29. The molecule has 25 heavy (non-hydrogen) atoms. The summed E-state index contributed by atoms with van der Waals surface area (Å²) in [6.45, 7) is 8.96. The Morgan fingerprint density at radius 3 is 2.64 bits per heavy atom. The van der Waals surface area contributed by atoms with Crippen LogP contribution in [-0.2, 0) is 11.4 Å². The van der Waals surface area contributed by atoms with Crippen molar-refractivity contribution in [1.29, 1.82) is 0 Å². The largest absolute Gasteiger partial charge is 0.485 e. The summed E-state index contributed by atoms with van der Waals surface area (Å²) in [5.41, 5.74) is 2.11. The number of para-hydroxylation sites is 1. The predicted molar refractivity (Wildman–Crippen MR) is 99.0 cm³/mol. The van der Waals surface area contributed by atoms with Crippen molar-refractivity contribution in [1.82, 2.24) is 20.2 Å². The first-order chi connectivity index (χ1) is 11.9. The minimum absolute atomic E-state index is 0.0463. The van der Waals surface area contributed by atoms with E-state index in [1.54, 1.807) is 0 Å². The zero-order valence-corrected chi connectivity index (χ0v) is 15.9. The Morgan fingerprint density at radius 2 is 2.00 bits per heavy atom. The smallest absolute Gasteiger partial charge is 0.230 e. The lowest BCUT2D eigenvalue weighted by molar-refractivity contribution is -0.118. The van der Waals surface area contributed by atoms with Gasteiger partial charge in [0.2, 0.25) is 11.1 Å². The highest BCUT2D eigenvalue weighted by Crippen LogP contribution is 2.23. The number of nitrogens with two attached hydrogens (primary N) is 1. The third kappa shape index (κ3) is 5.38. The number of aromatic nitrogens is 3. The molecule has 0 aliphatic heterocycles. The maximum absolute atomic E-state index is 11.8. The van der Waals surface area contributed by atoms with Crippen LogP contribution in [0.5, 0.6) is 5.75 Å². The molecule has 1 amide bonds. The molecular weight excluding hydrogens is 338 g/mol. The first-order valence-electron chi connectivity index (χ1n) is 8.16. The maximum atomic E-state index is 11.8. The molecule has 3 N–H and O–H groups in total. The molecule has 136 valence electrons. The fraction of sp³-hybridized carbons (Fsp3) is 0.471. The summed E-state index contributed by atoms with van der Waals surface area (Å²) < 4.78 is 7.22. The summed E-state index contributed by atoms with van der Waals surface area (Å²) in [4.78, 5) is 11.8. The zero-order chi connectivity index (χ0) is 18.4. The number of carbonyl (C=O) groups is 1. The normalized spacial score (nSPS) is 10.9. The number of carbonyl (C=O) groups excluding carboxylic acids is 1. The van der Waals surface area contributed by atoms with E-state index in [0.717, 1.165) is 16.9 Å². The van der Waals surface area contributed by atoms with E-state index in [4.69, 9.17) is 10.6 Å². The van der Waals surface area contributed by atoms with Gasteiger partial charge in [-0.1, -0.05) is 43.8 Å². The lowest BCUT2D eigenvalue weighted by atomic mass is 10.1. The average molecular weight is 363 g/mol. The molecule has 8 heteroatoms. The molecule has 2 aromatic rings. The van der Waals surface area contributed by atoms with E-state index in [0.29, 0.717) is 23.4 Å². The first kappa shape index (κ1) is 19.1. The van der Waals surface area contributed by atoms with E-state index in [-0.39, 0.29) is 18.3 Å². The summed E-state index contributed by atoms with van der Waals surface area (Å²) in [5.74, 6) is 7.97. The van der Waals surface area contributed by atoms with Crippen LogP contribution in [0.15, 0.2) is 23.4 Å². The van der Waals surface area contributed by atoms with Crippen LogP contribution < -0.4 is 15.9 Å². The maximum Gasteiger partial charge on any atom is 0.230 e. The SMILES string of the molecule is Cc1cccc(C)c1OCc1nnc(SCC(=O)NCC(C)C)n1N. The second kappa shape index (κ2) is 8.75. The number of aryl methyl sites for hydroxylation is 2. The highest BCUT2D eigenvalue weighted by atomic mass is 32.2. The number of amides is 1. The topological polar surface area (TPSA) is 95.1 Å². The van der Waals surface area contributed by atoms with Crippen molar-refractivity contribution in [3.8, 4) is 5.75 Å². The van der Waals surface area contributed by atoms with Crippen LogP contribution in [0.2, 0.25) is 0 Å². The van der Waals surface area contributed by atoms with E-state index in [9.17, 15) is 4.79 Å². The molecule has 0 atom stereocenters. The number of nitrogens with one attached hydrogen (secondary N) is 1. The molecule has 0 aliphatic rings. The van der Waals surface area contributed by atoms with Crippen LogP contribution in [0.3, 0.4) is 0 Å². The molecule has 0 spiro atoms. The van der Waals surface area contributed by atoms with Crippen molar-refractivity contribution in [3.05, 3.63) is 35.2 Å². The van der Waals surface area contributed by atoms with Crippen molar-refractivity contribution in [2.75, 3.05) is 18.1 Å². The molecular formula is C17H25N5O2S. The van der Waals surface area contributed by atoms with Gasteiger partial charge in [-0.25, -0.2) is 4.68 Å². The Labute approximate surface area is 152 Å². The van der Waals surface area contributed by atoms with Crippen molar-refractivity contribution < 1.29 is 9.53 Å². The minimum Gasteiger partial charge on any atom is -0.485 e. The highest BCUT2D eigenvalue weighted by molar-refractivity contribution is 7.99. The van der Waals surface area contributed by atoms with Crippen LogP contribution >= 0.6 is 11.8 Å². The van der Waals surface area contributed by atoms with Gasteiger partial charge in [-0.15, -0.1) is 10.2 Å². The molecule has 0 bridgehead atoms. The van der Waals surface area contributed by atoms with Gasteiger partial charge >= 0.3 is 0 Å². The molecule has 0 aliphatic carbocycles. The number of nitrogens with zero attached hydrogens (tertiary/aromatic N) is 3. The quantitative estimate of drug-likeness (QED) is 0.551. The van der Waals surface area contributed by atoms with Gasteiger partial charge in [-0.3, -0.25) is 4.79 Å². The summed E-state index contributed by atoms with van der Waals surface area (Å²) in [5, 5.41) is 11.4. The first-order valence-corrected chi connectivity index (χ1v) is 9.15. The summed E-state index contributed by atoms with van der Waals surface area (Å²) in [6, 6.07) is 5.97. The standard InChI is InChI=1S/C17H25N5O2S/c1-11(2)8-19-15(23)10-25-17-21-20-14(22(17)18)9-24-16-12(3)6-5-7-13(16)4/h5-7,11H,8-10,18H2,1-4H3,(H,19,23). The van der Waals surface area contributed by atoms with E-state index >= 15 is 0 Å². The highest BCUT2D eigenvalue weighted by Gasteiger charge is 2.14. The van der Waals surface area contributed by atoms with E-state index < -0.39 is 0 Å². The van der Waals surface area contributed by atoms with Gasteiger partial charge in [0.15, 0.2) is 5.82 Å². The average Bonchev–Trinajstić information content (AvgIpc) is 2.91. The molecule has 1 aromatic carbocycles. The number of benzene rings is 1.